The molecule has 12 nitrogen and oxygen atoms in total. The minimum Gasteiger partial charge on any atom is -0.458 e. The number of aliphatic hydroxyl groups is 5. The van der Waals surface area contributed by atoms with Crippen molar-refractivity contribution in [3.63, 3.8) is 0 Å². The smallest absolute Gasteiger partial charge is 0.330 e. The van der Waals surface area contributed by atoms with Crippen LogP contribution in [-0.4, -0.2) is 103 Å². The van der Waals surface area contributed by atoms with E-state index in [4.69, 9.17) is 14.2 Å². The largest absolute Gasteiger partial charge is 0.458 e. The lowest BCUT2D eigenvalue weighted by Gasteiger charge is -2.54. The van der Waals surface area contributed by atoms with Crippen LogP contribution in [0.2, 0.25) is 0 Å². The van der Waals surface area contributed by atoms with Crippen molar-refractivity contribution in [2.24, 2.45) is 53.3 Å². The first kappa shape index (κ1) is 48.8. The Bertz CT molecular complexity index is 1470. The summed E-state index contributed by atoms with van der Waals surface area (Å²) in [4.78, 5) is 54.5. The highest BCUT2D eigenvalue weighted by atomic mass is 16.7. The third kappa shape index (κ3) is 11.4. The number of carbonyl (C=O) groups excluding carboxylic acids is 4. The highest BCUT2D eigenvalue weighted by molar-refractivity contribution is 5.91. The topological polar surface area (TPSA) is 197 Å². The van der Waals surface area contributed by atoms with Crippen molar-refractivity contribution in [3.8, 4) is 0 Å². The second-order valence-electron chi connectivity index (χ2n) is 17.9. The Kier molecular flexibility index (Phi) is 17.6. The van der Waals surface area contributed by atoms with Gasteiger partial charge in [0.1, 0.15) is 17.5 Å². The van der Waals surface area contributed by atoms with Crippen molar-refractivity contribution in [1.82, 2.24) is 0 Å². The molecule has 2 unspecified atom stereocenters. The number of esters is 1. The van der Waals surface area contributed by atoms with Crippen LogP contribution in [-0.2, 0) is 33.4 Å². The van der Waals surface area contributed by atoms with E-state index in [1.165, 1.54) is 39.8 Å². The molecular weight excluding hydrogens is 732 g/mol. The first-order valence-electron chi connectivity index (χ1n) is 21.1. The van der Waals surface area contributed by atoms with Crippen LogP contribution < -0.4 is 0 Å². The number of hydrogen-bond acceptors (Lipinski definition) is 12. The maximum atomic E-state index is 14.0. The predicted molar refractivity (Wildman–Crippen MR) is 215 cm³/mol. The molecule has 0 radical (unpaired) electrons. The number of rotatable bonds is 3. The van der Waals surface area contributed by atoms with Crippen molar-refractivity contribution in [1.29, 1.82) is 0 Å². The summed E-state index contributed by atoms with van der Waals surface area (Å²) in [6.07, 6.45) is 6.53. The van der Waals surface area contributed by atoms with Gasteiger partial charge in [0.15, 0.2) is 11.6 Å². The molecule has 12 heteroatoms. The summed E-state index contributed by atoms with van der Waals surface area (Å²) in [5.41, 5.74) is -2.21. The average molecular weight is 805 g/mol. The molecular formula is C45H72O12. The molecule has 3 rings (SSSR count). The molecule has 0 aromatic carbocycles. The number of aliphatic hydroxyl groups excluding tert-OH is 4. The van der Waals surface area contributed by atoms with Gasteiger partial charge in [-0.1, -0.05) is 92.7 Å². The molecule has 2 saturated heterocycles. The highest BCUT2D eigenvalue weighted by Gasteiger charge is 2.61. The lowest BCUT2D eigenvalue weighted by molar-refractivity contribution is -0.344. The third-order valence-electron chi connectivity index (χ3n) is 13.2. The molecule has 0 aliphatic carbocycles. The SMILES string of the molecule is CC[C@H]1/C=C/C=C/C[C@@H](C)[C@H](O)[C@@](C)(O)C(=O)[C@@H](C)[C@H](O)[C@@H](C)C(=O)[C@@H](C)[C@H](O)[C@@H](C)/C=C/C(=O)OC2[C@@H](C)C(CC1)O[C@@]1(O[C@@H](C[C@@H](C)O)[C@@H](C)CC1=O)[C@H]2C. The van der Waals surface area contributed by atoms with Gasteiger partial charge in [0.25, 0.3) is 0 Å². The van der Waals surface area contributed by atoms with Crippen LogP contribution in [0.15, 0.2) is 36.5 Å². The van der Waals surface area contributed by atoms with E-state index in [1.807, 2.05) is 32.1 Å². The van der Waals surface area contributed by atoms with Gasteiger partial charge < -0.3 is 39.7 Å². The Labute approximate surface area is 340 Å². The number of carbonyl (C=O) groups is 4. The van der Waals surface area contributed by atoms with E-state index in [0.717, 1.165) is 6.42 Å². The molecule has 5 N–H and O–H groups in total. The summed E-state index contributed by atoms with van der Waals surface area (Å²) in [6, 6.07) is 0. The molecule has 3 aliphatic heterocycles. The van der Waals surface area contributed by atoms with Crippen LogP contribution in [0.1, 0.15) is 115 Å². The predicted octanol–water partition coefficient (Wildman–Crippen LogP) is 5.06. The fourth-order valence-corrected chi connectivity index (χ4v) is 8.91. The second kappa shape index (κ2) is 20.6. The van der Waals surface area contributed by atoms with Crippen LogP contribution in [0.25, 0.3) is 0 Å². The number of ether oxygens (including phenoxy) is 3. The summed E-state index contributed by atoms with van der Waals surface area (Å²) in [7, 11) is 0. The highest BCUT2D eigenvalue weighted by Crippen LogP contribution is 2.47. The maximum Gasteiger partial charge on any atom is 0.330 e. The molecule has 0 saturated carbocycles. The van der Waals surface area contributed by atoms with Crippen molar-refractivity contribution in [3.05, 3.63) is 36.5 Å². The minimum atomic E-state index is -2.21. The first-order chi connectivity index (χ1) is 26.5. The number of ketones is 3. The van der Waals surface area contributed by atoms with Crippen molar-refractivity contribution in [2.75, 3.05) is 0 Å². The van der Waals surface area contributed by atoms with Crippen LogP contribution in [0.3, 0.4) is 0 Å². The van der Waals surface area contributed by atoms with Crippen molar-refractivity contribution < 1.29 is 58.9 Å². The first-order valence-corrected chi connectivity index (χ1v) is 21.1. The molecule has 2 bridgehead atoms. The molecule has 2 fully saturated rings. The molecule has 0 aromatic heterocycles. The van der Waals surface area contributed by atoms with E-state index >= 15 is 0 Å². The van der Waals surface area contributed by atoms with Crippen LogP contribution >= 0.6 is 0 Å². The fraction of sp³-hybridized carbons (Fsp3) is 0.778. The number of hydrogen-bond donors (Lipinski definition) is 5. The van der Waals surface area contributed by atoms with E-state index in [9.17, 15) is 44.7 Å². The van der Waals surface area contributed by atoms with E-state index in [-0.39, 0.29) is 30.0 Å². The van der Waals surface area contributed by atoms with E-state index in [1.54, 1.807) is 27.7 Å². The van der Waals surface area contributed by atoms with E-state index < -0.39 is 107 Å². The van der Waals surface area contributed by atoms with Gasteiger partial charge in [-0.25, -0.2) is 4.79 Å². The van der Waals surface area contributed by atoms with Crippen molar-refractivity contribution in [2.45, 2.75) is 169 Å². The molecule has 324 valence electrons. The molecule has 18 atom stereocenters. The summed E-state index contributed by atoms with van der Waals surface area (Å²) in [5.74, 6) is -9.55. The fourth-order valence-electron chi connectivity index (χ4n) is 8.91. The summed E-state index contributed by atoms with van der Waals surface area (Å²) < 4.78 is 19.4. The molecule has 57 heavy (non-hydrogen) atoms. The summed E-state index contributed by atoms with van der Waals surface area (Å²) in [5, 5.41) is 55.0. The van der Waals surface area contributed by atoms with Gasteiger partial charge in [-0.3, -0.25) is 14.4 Å². The van der Waals surface area contributed by atoms with Gasteiger partial charge in [0.05, 0.1) is 42.5 Å². The standard InChI is InChI=1S/C45H72O12/c1-12-33-17-15-13-14-16-25(3)42(52)44(11,54)43(53)31(9)40(51)30(8)39(50)29(7)38(49)24(2)18-21-37(48)55-41-28(6)34(20-19-33)56-45(32(41)10)36(47)22-26(4)35(57-45)23-27(5)46/h13-15,17-18,21,24-35,38,40-42,46,49,51-52,54H,12,16,19-20,22-23H2,1-11H3/b14-13+,17-15+,21-18+/t24-,25+,26-,27+,28-,29-,30-,31-,32-,33-,34?,35-,38+,40+,41?,42-,44+,45+/m0/s1. The van der Waals surface area contributed by atoms with Gasteiger partial charge in [0.2, 0.25) is 5.79 Å². The Hall–Kier alpha value is -2.58. The Morgan fingerprint density at radius 1 is 0.842 bits per heavy atom. The van der Waals surface area contributed by atoms with E-state index in [0.29, 0.717) is 25.7 Å². The maximum absolute atomic E-state index is 14.0. The van der Waals surface area contributed by atoms with Gasteiger partial charge in [-0.15, -0.1) is 0 Å². The zero-order valence-electron chi connectivity index (χ0n) is 36.0. The lowest BCUT2D eigenvalue weighted by Crippen LogP contribution is -2.66. The monoisotopic (exact) mass is 805 g/mol. The van der Waals surface area contributed by atoms with Gasteiger partial charge in [0, 0.05) is 42.1 Å². The van der Waals surface area contributed by atoms with Crippen LogP contribution in [0, 0.1) is 53.3 Å². The van der Waals surface area contributed by atoms with Crippen molar-refractivity contribution >= 4 is 23.3 Å². The van der Waals surface area contributed by atoms with Gasteiger partial charge in [-0.05, 0) is 63.7 Å². The van der Waals surface area contributed by atoms with Gasteiger partial charge >= 0.3 is 5.97 Å². The Morgan fingerprint density at radius 3 is 2.09 bits per heavy atom. The zero-order valence-corrected chi connectivity index (χ0v) is 36.0. The Balaban J connectivity index is 2.02. The lowest BCUT2D eigenvalue weighted by atomic mass is 9.74. The van der Waals surface area contributed by atoms with Crippen LogP contribution in [0.4, 0.5) is 0 Å². The second-order valence-corrected chi connectivity index (χ2v) is 17.9. The minimum absolute atomic E-state index is 0.132. The molecule has 0 amide bonds. The van der Waals surface area contributed by atoms with Crippen LogP contribution in [0.5, 0.6) is 0 Å². The summed E-state index contributed by atoms with van der Waals surface area (Å²) >= 11 is 0. The summed E-state index contributed by atoms with van der Waals surface area (Å²) in [6.45, 7) is 18.3. The number of allylic oxidation sites excluding steroid dienone is 4. The quantitative estimate of drug-likeness (QED) is 0.238. The average Bonchev–Trinajstić information content (AvgIpc) is 3.16. The molecule has 3 heterocycles. The molecule has 0 aromatic rings. The van der Waals surface area contributed by atoms with E-state index in [2.05, 4.69) is 13.0 Å². The molecule has 1 spiro atoms. The Morgan fingerprint density at radius 2 is 1.47 bits per heavy atom. The van der Waals surface area contributed by atoms with Gasteiger partial charge in [-0.2, -0.15) is 0 Å². The molecule has 3 aliphatic rings. The third-order valence-corrected chi connectivity index (χ3v) is 13.2. The normalized spacial score (nSPS) is 46.2. The number of fused-ring (bicyclic) bond motifs is 2. The number of Topliss-reactive ketones (excluding diaryl/α,β-unsaturated/α-hetero) is 3. The zero-order chi connectivity index (χ0) is 43.2.